The standard InChI is InChI=1S/C7H13N/c1-3-7-4-2-6-8(7)5-1/h7H,1-6H2. The van der Waals surface area contributed by atoms with Crippen LogP contribution in [0.15, 0.2) is 0 Å². The molecule has 2 aliphatic heterocycles. The number of hydrogen-bond acceptors (Lipinski definition) is 1. The Hall–Kier alpha value is -0.0400. The molecule has 0 bridgehead atoms. The van der Waals surface area contributed by atoms with Crippen LogP contribution in [0.1, 0.15) is 25.7 Å². The minimum Gasteiger partial charge on any atom is -0.300 e. The summed E-state index contributed by atoms with van der Waals surface area (Å²) < 4.78 is 0. The molecule has 1 nitrogen and oxygen atoms in total. The van der Waals surface area contributed by atoms with E-state index in [-0.39, 0.29) is 0 Å². The third kappa shape index (κ3) is 0.576. The molecular formula is C7H13N. The van der Waals surface area contributed by atoms with Gasteiger partial charge in [0.2, 0.25) is 0 Å². The van der Waals surface area contributed by atoms with Gasteiger partial charge in [-0.25, -0.2) is 0 Å². The van der Waals surface area contributed by atoms with Crippen LogP contribution in [0.2, 0.25) is 0 Å². The molecule has 0 atom stereocenters. The van der Waals surface area contributed by atoms with E-state index in [0.29, 0.717) is 0 Å². The molecule has 0 saturated carbocycles. The van der Waals surface area contributed by atoms with E-state index in [1.54, 1.807) is 0 Å². The summed E-state index contributed by atoms with van der Waals surface area (Å²) >= 11 is 0. The van der Waals surface area contributed by atoms with Crippen LogP contribution in [0.4, 0.5) is 0 Å². The molecule has 0 aliphatic carbocycles. The van der Waals surface area contributed by atoms with Gasteiger partial charge in [0.15, 0.2) is 0 Å². The lowest BCUT2D eigenvalue weighted by Crippen LogP contribution is -2.21. The highest BCUT2D eigenvalue weighted by Gasteiger charge is 2.27. The van der Waals surface area contributed by atoms with Crippen molar-refractivity contribution in [3.63, 3.8) is 0 Å². The van der Waals surface area contributed by atoms with Crippen molar-refractivity contribution in [3.05, 3.63) is 0 Å². The summed E-state index contributed by atoms with van der Waals surface area (Å²) in [6.45, 7) is 2.79. The van der Waals surface area contributed by atoms with Crippen molar-refractivity contribution in [1.29, 1.82) is 0 Å². The summed E-state index contributed by atoms with van der Waals surface area (Å²) in [6, 6.07) is 1.01. The average Bonchev–Trinajstić information content (AvgIpc) is 2.15. The Morgan fingerprint density at radius 2 is 1.62 bits per heavy atom. The Labute approximate surface area is 50.7 Å². The van der Waals surface area contributed by atoms with Gasteiger partial charge in [-0.1, -0.05) is 0 Å². The molecule has 0 unspecified atom stereocenters. The number of rotatable bonds is 0. The van der Waals surface area contributed by atoms with E-state index in [2.05, 4.69) is 4.90 Å². The first-order valence-electron chi connectivity index (χ1n) is 3.71. The lowest BCUT2D eigenvalue weighted by Gasteiger charge is -2.11. The highest BCUT2D eigenvalue weighted by molar-refractivity contribution is 4.84. The van der Waals surface area contributed by atoms with Crippen LogP contribution in [0.5, 0.6) is 0 Å². The lowest BCUT2D eigenvalue weighted by atomic mass is 10.2. The molecule has 0 spiro atoms. The Bertz CT molecular complexity index is 70.4. The molecular weight excluding hydrogens is 98.1 g/mol. The van der Waals surface area contributed by atoms with Gasteiger partial charge in [-0.3, -0.25) is 0 Å². The van der Waals surface area contributed by atoms with Gasteiger partial charge >= 0.3 is 0 Å². The summed E-state index contributed by atoms with van der Waals surface area (Å²) in [6.07, 6.45) is 5.90. The van der Waals surface area contributed by atoms with Crippen molar-refractivity contribution in [2.45, 2.75) is 31.7 Å². The van der Waals surface area contributed by atoms with Crippen LogP contribution in [-0.4, -0.2) is 24.0 Å². The van der Waals surface area contributed by atoms with Gasteiger partial charge in [-0.05, 0) is 38.8 Å². The summed E-state index contributed by atoms with van der Waals surface area (Å²) in [5.41, 5.74) is 0. The summed E-state index contributed by atoms with van der Waals surface area (Å²) in [5.74, 6) is 0. The van der Waals surface area contributed by atoms with Crippen molar-refractivity contribution in [1.82, 2.24) is 4.90 Å². The van der Waals surface area contributed by atoms with E-state index in [1.807, 2.05) is 0 Å². The zero-order valence-electron chi connectivity index (χ0n) is 5.27. The summed E-state index contributed by atoms with van der Waals surface area (Å²) in [5, 5.41) is 0. The molecule has 2 fully saturated rings. The topological polar surface area (TPSA) is 3.24 Å². The Kier molecular flexibility index (Phi) is 1.04. The molecule has 2 saturated heterocycles. The quantitative estimate of drug-likeness (QED) is 0.454. The number of fused-ring (bicyclic) bond motifs is 1. The second kappa shape index (κ2) is 1.73. The predicted octanol–water partition coefficient (Wildman–Crippen LogP) is 1.24. The Morgan fingerprint density at radius 1 is 1.00 bits per heavy atom. The van der Waals surface area contributed by atoms with Crippen LogP contribution in [0.3, 0.4) is 0 Å². The fourth-order valence-electron chi connectivity index (χ4n) is 2.05. The highest BCUT2D eigenvalue weighted by Crippen LogP contribution is 2.26. The van der Waals surface area contributed by atoms with Crippen LogP contribution >= 0.6 is 0 Å². The minimum atomic E-state index is 1.01. The number of nitrogens with zero attached hydrogens (tertiary/aromatic N) is 1. The Morgan fingerprint density at radius 3 is 2.12 bits per heavy atom. The molecule has 2 aliphatic rings. The van der Waals surface area contributed by atoms with E-state index in [0.717, 1.165) is 6.04 Å². The maximum Gasteiger partial charge on any atom is 0.00962 e. The van der Waals surface area contributed by atoms with E-state index < -0.39 is 0 Å². The van der Waals surface area contributed by atoms with E-state index in [4.69, 9.17) is 0 Å². The molecule has 0 radical (unpaired) electrons. The smallest absolute Gasteiger partial charge is 0.00962 e. The normalized spacial score (nSPS) is 31.5. The fraction of sp³-hybridized carbons (Fsp3) is 1.00. The van der Waals surface area contributed by atoms with Gasteiger partial charge in [-0.2, -0.15) is 0 Å². The van der Waals surface area contributed by atoms with Gasteiger partial charge in [0.25, 0.3) is 0 Å². The van der Waals surface area contributed by atoms with Crippen molar-refractivity contribution in [2.24, 2.45) is 0 Å². The van der Waals surface area contributed by atoms with Gasteiger partial charge in [0, 0.05) is 6.04 Å². The molecule has 0 aromatic carbocycles. The fourth-order valence-corrected chi connectivity index (χ4v) is 2.05. The molecule has 2 rings (SSSR count). The summed E-state index contributed by atoms with van der Waals surface area (Å²) in [4.78, 5) is 2.64. The van der Waals surface area contributed by atoms with Gasteiger partial charge < -0.3 is 4.90 Å². The van der Waals surface area contributed by atoms with E-state index in [9.17, 15) is 0 Å². The van der Waals surface area contributed by atoms with Crippen molar-refractivity contribution in [3.8, 4) is 0 Å². The second-order valence-corrected chi connectivity index (χ2v) is 2.97. The monoisotopic (exact) mass is 111 g/mol. The van der Waals surface area contributed by atoms with E-state index >= 15 is 0 Å². The minimum absolute atomic E-state index is 1.01. The van der Waals surface area contributed by atoms with Gasteiger partial charge in [-0.15, -0.1) is 0 Å². The van der Waals surface area contributed by atoms with Crippen LogP contribution < -0.4 is 0 Å². The van der Waals surface area contributed by atoms with Crippen molar-refractivity contribution >= 4 is 0 Å². The maximum atomic E-state index is 2.64. The molecule has 0 amide bonds. The first-order valence-corrected chi connectivity index (χ1v) is 3.71. The predicted molar refractivity (Wildman–Crippen MR) is 33.8 cm³/mol. The van der Waals surface area contributed by atoms with Crippen LogP contribution in [-0.2, 0) is 0 Å². The molecule has 0 aromatic rings. The van der Waals surface area contributed by atoms with Crippen LogP contribution in [0, 0.1) is 0 Å². The molecule has 0 N–H and O–H groups in total. The first-order chi connectivity index (χ1) is 3.97. The number of hydrogen-bond donors (Lipinski definition) is 0. The second-order valence-electron chi connectivity index (χ2n) is 2.97. The molecule has 46 valence electrons. The van der Waals surface area contributed by atoms with Crippen LogP contribution in [0.25, 0.3) is 0 Å². The first kappa shape index (κ1) is 4.80. The SMILES string of the molecule is C1CC2CCCN2C1. The van der Waals surface area contributed by atoms with Gasteiger partial charge in [0.1, 0.15) is 0 Å². The largest absolute Gasteiger partial charge is 0.300 e. The lowest BCUT2D eigenvalue weighted by molar-refractivity contribution is 0.325. The highest BCUT2D eigenvalue weighted by atomic mass is 15.2. The third-order valence-electron chi connectivity index (χ3n) is 2.48. The molecule has 0 aromatic heterocycles. The average molecular weight is 111 g/mol. The maximum absolute atomic E-state index is 2.64. The molecule has 1 heteroatoms. The molecule has 2 heterocycles. The molecule has 8 heavy (non-hydrogen) atoms. The zero-order chi connectivity index (χ0) is 5.40. The summed E-state index contributed by atoms with van der Waals surface area (Å²) in [7, 11) is 0. The van der Waals surface area contributed by atoms with Gasteiger partial charge in [0.05, 0.1) is 0 Å². The van der Waals surface area contributed by atoms with Crippen molar-refractivity contribution < 1.29 is 0 Å². The zero-order valence-corrected chi connectivity index (χ0v) is 5.27. The van der Waals surface area contributed by atoms with E-state index in [1.165, 1.54) is 38.8 Å². The third-order valence-corrected chi connectivity index (χ3v) is 2.48. The van der Waals surface area contributed by atoms with Crippen molar-refractivity contribution in [2.75, 3.05) is 13.1 Å². The Balaban J connectivity index is 2.04.